The summed E-state index contributed by atoms with van der Waals surface area (Å²) in [7, 11) is 0. The molecule has 0 fully saturated rings. The Labute approximate surface area is 135 Å². The molecule has 0 radical (unpaired) electrons. The van der Waals surface area contributed by atoms with Gasteiger partial charge in [-0.2, -0.15) is 13.2 Å². The minimum absolute atomic E-state index is 0.148. The lowest BCUT2D eigenvalue weighted by molar-refractivity contribution is -0.137. The van der Waals surface area contributed by atoms with E-state index in [1.165, 1.54) is 0 Å². The van der Waals surface area contributed by atoms with E-state index in [9.17, 15) is 18.0 Å². The Morgan fingerprint density at radius 3 is 2.19 bits per heavy atom. The van der Waals surface area contributed by atoms with Gasteiger partial charge in [0, 0.05) is 14.5 Å². The zero-order chi connectivity index (χ0) is 15.6. The summed E-state index contributed by atoms with van der Waals surface area (Å²) in [6.45, 7) is 0. The summed E-state index contributed by atoms with van der Waals surface area (Å²) in [4.78, 5) is 12.0. The molecular formula is C14H8Br2F3NO. The lowest BCUT2D eigenvalue weighted by Gasteiger charge is -2.09. The van der Waals surface area contributed by atoms with E-state index in [0.29, 0.717) is 10.2 Å². The van der Waals surface area contributed by atoms with Crippen LogP contribution < -0.4 is 5.32 Å². The fraction of sp³-hybridized carbons (Fsp3) is 0.0714. The summed E-state index contributed by atoms with van der Waals surface area (Å²) < 4.78 is 38.8. The average Bonchev–Trinajstić information content (AvgIpc) is 2.42. The molecule has 2 nitrogen and oxygen atoms in total. The van der Waals surface area contributed by atoms with Crippen LogP contribution in [0.15, 0.2) is 51.4 Å². The number of alkyl halides is 3. The highest BCUT2D eigenvalue weighted by Gasteiger charge is 2.30. The molecule has 1 N–H and O–H groups in total. The third-order valence-corrected chi connectivity index (χ3v) is 3.84. The second-order valence-electron chi connectivity index (χ2n) is 4.15. The molecule has 0 aromatic heterocycles. The fourth-order valence-electron chi connectivity index (χ4n) is 1.60. The summed E-state index contributed by atoms with van der Waals surface area (Å²) in [6, 6.07) is 9.26. The van der Waals surface area contributed by atoms with Gasteiger partial charge in [-0.05, 0) is 58.4 Å². The molecule has 0 aliphatic rings. The van der Waals surface area contributed by atoms with Crippen LogP contribution >= 0.6 is 31.9 Å². The number of hydrogen-bond acceptors (Lipinski definition) is 1. The number of halogens is 5. The Morgan fingerprint density at radius 2 is 1.62 bits per heavy atom. The zero-order valence-electron chi connectivity index (χ0n) is 10.3. The monoisotopic (exact) mass is 421 g/mol. The van der Waals surface area contributed by atoms with E-state index >= 15 is 0 Å². The Bertz CT molecular complexity index is 669. The quantitative estimate of drug-likeness (QED) is 0.681. The standard InChI is InChI=1S/C14H8Br2F3NO/c15-10-5-6-11(16)12(7-10)20-13(21)8-1-3-9(4-2-8)14(17,18)19/h1-7H,(H,20,21). The van der Waals surface area contributed by atoms with Gasteiger partial charge in [-0.25, -0.2) is 0 Å². The molecule has 1 amide bonds. The van der Waals surface area contributed by atoms with Crippen LogP contribution in [-0.4, -0.2) is 5.91 Å². The minimum atomic E-state index is -4.41. The third-order valence-electron chi connectivity index (χ3n) is 2.65. The van der Waals surface area contributed by atoms with Gasteiger partial charge < -0.3 is 5.32 Å². The van der Waals surface area contributed by atoms with Crippen LogP contribution in [0.3, 0.4) is 0 Å². The maximum atomic E-state index is 12.5. The Morgan fingerprint density at radius 1 is 1.00 bits per heavy atom. The molecule has 0 saturated carbocycles. The van der Waals surface area contributed by atoms with E-state index in [2.05, 4.69) is 37.2 Å². The topological polar surface area (TPSA) is 29.1 Å². The van der Waals surface area contributed by atoms with E-state index in [1.807, 2.05) is 0 Å². The lowest BCUT2D eigenvalue weighted by Crippen LogP contribution is -2.13. The molecule has 110 valence electrons. The van der Waals surface area contributed by atoms with Gasteiger partial charge in [0.25, 0.3) is 5.91 Å². The van der Waals surface area contributed by atoms with Gasteiger partial charge in [0.05, 0.1) is 11.3 Å². The van der Waals surface area contributed by atoms with E-state index < -0.39 is 17.6 Å². The second-order valence-corrected chi connectivity index (χ2v) is 5.92. The van der Waals surface area contributed by atoms with Crippen molar-refractivity contribution in [3.63, 3.8) is 0 Å². The number of carbonyl (C=O) groups excluding carboxylic acids is 1. The number of nitrogens with one attached hydrogen (secondary N) is 1. The van der Waals surface area contributed by atoms with Crippen LogP contribution in [0.25, 0.3) is 0 Å². The predicted octanol–water partition coefficient (Wildman–Crippen LogP) is 5.48. The molecule has 0 aliphatic heterocycles. The number of rotatable bonds is 2. The van der Waals surface area contributed by atoms with Crippen molar-refractivity contribution >= 4 is 43.5 Å². The molecule has 0 spiro atoms. The molecule has 0 unspecified atom stereocenters. The van der Waals surface area contributed by atoms with Crippen molar-refractivity contribution in [2.45, 2.75) is 6.18 Å². The lowest BCUT2D eigenvalue weighted by atomic mass is 10.1. The van der Waals surface area contributed by atoms with E-state index in [-0.39, 0.29) is 5.56 Å². The Hall–Kier alpha value is -1.34. The SMILES string of the molecule is O=C(Nc1cc(Br)ccc1Br)c1ccc(C(F)(F)F)cc1. The predicted molar refractivity (Wildman–Crippen MR) is 81.2 cm³/mol. The van der Waals surface area contributed by atoms with Gasteiger partial charge in [-0.15, -0.1) is 0 Å². The first kappa shape index (κ1) is 16.0. The first-order valence-electron chi connectivity index (χ1n) is 5.71. The molecule has 0 aliphatic carbocycles. The Balaban J connectivity index is 2.19. The van der Waals surface area contributed by atoms with Crippen molar-refractivity contribution in [1.29, 1.82) is 0 Å². The normalized spacial score (nSPS) is 11.3. The highest BCUT2D eigenvalue weighted by Crippen LogP contribution is 2.30. The molecule has 7 heteroatoms. The fourth-order valence-corrected chi connectivity index (χ4v) is 2.31. The molecule has 0 bridgehead atoms. The zero-order valence-corrected chi connectivity index (χ0v) is 13.5. The maximum absolute atomic E-state index is 12.5. The first-order chi connectivity index (χ1) is 9.77. The van der Waals surface area contributed by atoms with Crippen LogP contribution in [0.2, 0.25) is 0 Å². The van der Waals surface area contributed by atoms with Gasteiger partial charge in [0.1, 0.15) is 0 Å². The van der Waals surface area contributed by atoms with Gasteiger partial charge >= 0.3 is 6.18 Å². The van der Waals surface area contributed by atoms with Crippen molar-refractivity contribution in [1.82, 2.24) is 0 Å². The molecule has 0 atom stereocenters. The van der Waals surface area contributed by atoms with Crippen molar-refractivity contribution in [2.24, 2.45) is 0 Å². The van der Waals surface area contributed by atoms with Crippen LogP contribution in [0.4, 0.5) is 18.9 Å². The van der Waals surface area contributed by atoms with Crippen LogP contribution in [-0.2, 0) is 6.18 Å². The number of carbonyl (C=O) groups is 1. The third kappa shape index (κ3) is 4.07. The summed E-state index contributed by atoms with van der Waals surface area (Å²) in [6.07, 6.45) is -4.41. The highest BCUT2D eigenvalue weighted by molar-refractivity contribution is 9.11. The van der Waals surface area contributed by atoms with Crippen molar-refractivity contribution < 1.29 is 18.0 Å². The van der Waals surface area contributed by atoms with Crippen LogP contribution in [0.1, 0.15) is 15.9 Å². The van der Waals surface area contributed by atoms with Gasteiger partial charge in [0.2, 0.25) is 0 Å². The second kappa shape index (κ2) is 6.19. The van der Waals surface area contributed by atoms with E-state index in [1.54, 1.807) is 18.2 Å². The summed E-state index contributed by atoms with van der Waals surface area (Å²) in [5.74, 6) is -0.484. The van der Waals surface area contributed by atoms with Crippen molar-refractivity contribution in [3.8, 4) is 0 Å². The van der Waals surface area contributed by atoms with Crippen molar-refractivity contribution in [2.75, 3.05) is 5.32 Å². The molecule has 0 heterocycles. The molecule has 2 aromatic rings. The summed E-state index contributed by atoms with van der Waals surface area (Å²) in [5.41, 5.74) is -0.119. The van der Waals surface area contributed by atoms with Gasteiger partial charge in [0.15, 0.2) is 0 Å². The summed E-state index contributed by atoms with van der Waals surface area (Å²) >= 11 is 6.56. The van der Waals surface area contributed by atoms with Gasteiger partial charge in [-0.1, -0.05) is 15.9 Å². The molecular weight excluding hydrogens is 415 g/mol. The van der Waals surface area contributed by atoms with E-state index in [4.69, 9.17) is 0 Å². The smallest absolute Gasteiger partial charge is 0.321 e. The number of anilines is 1. The van der Waals surface area contributed by atoms with Crippen molar-refractivity contribution in [3.05, 3.63) is 62.5 Å². The average molecular weight is 423 g/mol. The van der Waals surface area contributed by atoms with Gasteiger partial charge in [-0.3, -0.25) is 4.79 Å². The maximum Gasteiger partial charge on any atom is 0.416 e. The minimum Gasteiger partial charge on any atom is -0.321 e. The number of benzene rings is 2. The summed E-state index contributed by atoms with van der Waals surface area (Å²) in [5, 5.41) is 2.63. The molecule has 2 rings (SSSR count). The highest BCUT2D eigenvalue weighted by atomic mass is 79.9. The van der Waals surface area contributed by atoms with Crippen LogP contribution in [0.5, 0.6) is 0 Å². The largest absolute Gasteiger partial charge is 0.416 e. The van der Waals surface area contributed by atoms with Crippen LogP contribution in [0, 0.1) is 0 Å². The number of amides is 1. The molecule has 0 saturated heterocycles. The number of hydrogen-bond donors (Lipinski definition) is 1. The molecule has 2 aromatic carbocycles. The first-order valence-corrected chi connectivity index (χ1v) is 7.29. The molecule has 21 heavy (non-hydrogen) atoms. The Kier molecular flexibility index (Phi) is 4.73. The van der Waals surface area contributed by atoms with E-state index in [0.717, 1.165) is 28.7 Å².